The van der Waals surface area contributed by atoms with Gasteiger partial charge < -0.3 is 20.1 Å². The van der Waals surface area contributed by atoms with E-state index in [9.17, 15) is 14.7 Å². The number of amides is 1. The van der Waals surface area contributed by atoms with E-state index in [-0.39, 0.29) is 17.2 Å². The molecule has 0 atom stereocenters. The summed E-state index contributed by atoms with van der Waals surface area (Å²) in [6, 6.07) is 11.4. The molecular weight excluding hydrogens is 296 g/mol. The molecule has 0 spiro atoms. The van der Waals surface area contributed by atoms with Crippen LogP contribution in [0.4, 0.5) is 11.4 Å². The predicted molar refractivity (Wildman–Crippen MR) is 88.7 cm³/mol. The SMILES string of the molecule is COc1ccc(C(=O)Nc2ccc(N(C)C)cc2C(=O)O)cc1. The summed E-state index contributed by atoms with van der Waals surface area (Å²) in [7, 11) is 5.17. The van der Waals surface area contributed by atoms with Crippen molar-refractivity contribution in [1.82, 2.24) is 0 Å². The maximum Gasteiger partial charge on any atom is 0.337 e. The van der Waals surface area contributed by atoms with Gasteiger partial charge in [-0.2, -0.15) is 0 Å². The number of nitrogens with zero attached hydrogens (tertiary/aromatic N) is 1. The molecule has 1 amide bonds. The minimum Gasteiger partial charge on any atom is -0.497 e. The highest BCUT2D eigenvalue weighted by Gasteiger charge is 2.15. The summed E-state index contributed by atoms with van der Waals surface area (Å²) in [5.41, 5.74) is 1.45. The molecule has 0 aromatic heterocycles. The largest absolute Gasteiger partial charge is 0.497 e. The van der Waals surface area contributed by atoms with Crippen molar-refractivity contribution in [3.8, 4) is 5.75 Å². The van der Waals surface area contributed by atoms with E-state index in [1.54, 1.807) is 48.4 Å². The van der Waals surface area contributed by atoms with Crippen LogP contribution in [0, 0.1) is 0 Å². The van der Waals surface area contributed by atoms with Gasteiger partial charge in [0.05, 0.1) is 18.4 Å². The number of methoxy groups -OCH3 is 1. The molecule has 0 radical (unpaired) electrons. The fourth-order valence-corrected chi connectivity index (χ4v) is 2.03. The molecule has 6 heteroatoms. The van der Waals surface area contributed by atoms with E-state index in [2.05, 4.69) is 5.32 Å². The smallest absolute Gasteiger partial charge is 0.337 e. The predicted octanol–water partition coefficient (Wildman–Crippen LogP) is 2.71. The van der Waals surface area contributed by atoms with Gasteiger partial charge in [0.25, 0.3) is 5.91 Å². The lowest BCUT2D eigenvalue weighted by molar-refractivity contribution is 0.0698. The van der Waals surface area contributed by atoms with Crippen molar-refractivity contribution in [3.05, 3.63) is 53.6 Å². The molecule has 23 heavy (non-hydrogen) atoms. The van der Waals surface area contributed by atoms with Crippen LogP contribution in [0.1, 0.15) is 20.7 Å². The number of hydrogen-bond acceptors (Lipinski definition) is 4. The maximum absolute atomic E-state index is 12.3. The van der Waals surface area contributed by atoms with Crippen molar-refractivity contribution in [3.63, 3.8) is 0 Å². The molecule has 0 aliphatic carbocycles. The number of carbonyl (C=O) groups excluding carboxylic acids is 1. The van der Waals surface area contributed by atoms with Gasteiger partial charge >= 0.3 is 5.97 Å². The Balaban J connectivity index is 2.27. The Hall–Kier alpha value is -3.02. The first kappa shape index (κ1) is 16.4. The lowest BCUT2D eigenvalue weighted by atomic mass is 10.1. The number of carboxylic acids is 1. The number of hydrogen-bond donors (Lipinski definition) is 2. The molecule has 0 aliphatic heterocycles. The van der Waals surface area contributed by atoms with Gasteiger partial charge in [-0.3, -0.25) is 4.79 Å². The van der Waals surface area contributed by atoms with Crippen LogP contribution in [0.2, 0.25) is 0 Å². The lowest BCUT2D eigenvalue weighted by Gasteiger charge is -2.15. The van der Waals surface area contributed by atoms with Crippen molar-refractivity contribution in [2.75, 3.05) is 31.4 Å². The highest BCUT2D eigenvalue weighted by atomic mass is 16.5. The van der Waals surface area contributed by atoms with Crippen molar-refractivity contribution >= 4 is 23.3 Å². The molecule has 2 N–H and O–H groups in total. The van der Waals surface area contributed by atoms with Crippen LogP contribution in [0.25, 0.3) is 0 Å². The van der Waals surface area contributed by atoms with Gasteiger partial charge in [0.2, 0.25) is 0 Å². The quantitative estimate of drug-likeness (QED) is 0.887. The van der Waals surface area contributed by atoms with E-state index in [0.717, 1.165) is 5.69 Å². The van der Waals surface area contributed by atoms with Gasteiger partial charge in [0, 0.05) is 25.3 Å². The van der Waals surface area contributed by atoms with E-state index < -0.39 is 5.97 Å². The highest BCUT2D eigenvalue weighted by Crippen LogP contribution is 2.23. The Bertz CT molecular complexity index is 724. The number of nitrogens with one attached hydrogen (secondary N) is 1. The number of carbonyl (C=O) groups is 2. The van der Waals surface area contributed by atoms with Crippen LogP contribution in [-0.4, -0.2) is 38.2 Å². The first-order valence-electron chi connectivity index (χ1n) is 6.92. The molecular formula is C17H18N2O4. The van der Waals surface area contributed by atoms with E-state index >= 15 is 0 Å². The Kier molecular flexibility index (Phi) is 4.85. The summed E-state index contributed by atoms with van der Waals surface area (Å²) < 4.78 is 5.04. The third-order valence-electron chi connectivity index (χ3n) is 3.35. The molecule has 0 bridgehead atoms. The molecule has 2 aromatic carbocycles. The van der Waals surface area contributed by atoms with Gasteiger partial charge in [-0.25, -0.2) is 4.79 Å². The minimum atomic E-state index is -1.10. The average Bonchev–Trinajstić information content (AvgIpc) is 2.54. The van der Waals surface area contributed by atoms with Crippen molar-refractivity contribution in [1.29, 1.82) is 0 Å². The van der Waals surface area contributed by atoms with Crippen molar-refractivity contribution in [2.24, 2.45) is 0 Å². The van der Waals surface area contributed by atoms with Crippen LogP contribution in [0.15, 0.2) is 42.5 Å². The Morgan fingerprint density at radius 3 is 2.26 bits per heavy atom. The lowest BCUT2D eigenvalue weighted by Crippen LogP contribution is -2.16. The molecule has 0 saturated carbocycles. The molecule has 0 heterocycles. The van der Waals surface area contributed by atoms with Gasteiger partial charge in [-0.1, -0.05) is 0 Å². The number of anilines is 2. The summed E-state index contributed by atoms with van der Waals surface area (Å²) in [6.07, 6.45) is 0. The van der Waals surface area contributed by atoms with E-state index in [4.69, 9.17) is 4.74 Å². The molecule has 2 rings (SSSR count). The third-order valence-corrected chi connectivity index (χ3v) is 3.35. The van der Waals surface area contributed by atoms with E-state index in [1.807, 2.05) is 14.1 Å². The standard InChI is InChI=1S/C17H18N2O4/c1-19(2)12-6-9-15(14(10-12)17(21)22)18-16(20)11-4-7-13(23-3)8-5-11/h4-10H,1-3H3,(H,18,20)(H,21,22). The average molecular weight is 314 g/mol. The minimum absolute atomic E-state index is 0.0399. The fourth-order valence-electron chi connectivity index (χ4n) is 2.03. The van der Waals surface area contributed by atoms with Crippen molar-refractivity contribution < 1.29 is 19.4 Å². The Morgan fingerprint density at radius 2 is 1.74 bits per heavy atom. The second-order valence-corrected chi connectivity index (χ2v) is 5.11. The normalized spacial score (nSPS) is 10.0. The Labute approximate surface area is 134 Å². The van der Waals surface area contributed by atoms with Crippen LogP contribution in [-0.2, 0) is 0 Å². The van der Waals surface area contributed by atoms with Crippen LogP contribution in [0.3, 0.4) is 0 Å². The van der Waals surface area contributed by atoms with E-state index in [1.165, 1.54) is 6.07 Å². The maximum atomic E-state index is 12.3. The third kappa shape index (κ3) is 3.79. The molecule has 0 saturated heterocycles. The zero-order chi connectivity index (χ0) is 17.0. The first-order valence-corrected chi connectivity index (χ1v) is 6.92. The molecule has 0 fully saturated rings. The zero-order valence-electron chi connectivity index (χ0n) is 13.2. The van der Waals surface area contributed by atoms with Gasteiger partial charge in [0.1, 0.15) is 5.75 Å². The molecule has 0 unspecified atom stereocenters. The van der Waals surface area contributed by atoms with Crippen molar-refractivity contribution in [2.45, 2.75) is 0 Å². The Morgan fingerprint density at radius 1 is 1.09 bits per heavy atom. The molecule has 2 aromatic rings. The van der Waals surface area contributed by atoms with Gasteiger partial charge in [-0.15, -0.1) is 0 Å². The number of carboxylic acid groups (broad SMARTS) is 1. The topological polar surface area (TPSA) is 78.9 Å². The fraction of sp³-hybridized carbons (Fsp3) is 0.176. The van der Waals surface area contributed by atoms with Crippen LogP contribution >= 0.6 is 0 Å². The zero-order valence-corrected chi connectivity index (χ0v) is 13.2. The van der Waals surface area contributed by atoms with E-state index in [0.29, 0.717) is 11.3 Å². The van der Waals surface area contributed by atoms with Crippen LogP contribution < -0.4 is 15.0 Å². The van der Waals surface area contributed by atoms with Gasteiger partial charge in [-0.05, 0) is 42.5 Å². The summed E-state index contributed by atoms with van der Waals surface area (Å²) in [5.74, 6) is -0.838. The molecule has 0 aliphatic rings. The highest BCUT2D eigenvalue weighted by molar-refractivity contribution is 6.08. The second kappa shape index (κ2) is 6.83. The summed E-state index contributed by atoms with van der Waals surface area (Å²) in [4.78, 5) is 25.5. The van der Waals surface area contributed by atoms with Gasteiger partial charge in [0.15, 0.2) is 0 Å². The summed E-state index contributed by atoms with van der Waals surface area (Å²) in [6.45, 7) is 0. The molecule has 120 valence electrons. The number of rotatable bonds is 5. The summed E-state index contributed by atoms with van der Waals surface area (Å²) >= 11 is 0. The summed E-state index contributed by atoms with van der Waals surface area (Å²) in [5, 5.41) is 12.0. The first-order chi connectivity index (χ1) is 10.9. The van der Waals surface area contributed by atoms with Crippen LogP contribution in [0.5, 0.6) is 5.75 Å². The molecule has 6 nitrogen and oxygen atoms in total. The monoisotopic (exact) mass is 314 g/mol. The number of ether oxygens (including phenoxy) is 1. The number of aromatic carboxylic acids is 1. The number of benzene rings is 2. The second-order valence-electron chi connectivity index (χ2n) is 5.11.